The van der Waals surface area contributed by atoms with Crippen molar-refractivity contribution < 1.29 is 19.6 Å². The van der Waals surface area contributed by atoms with Crippen LogP contribution < -0.4 is 10.6 Å². The van der Waals surface area contributed by atoms with Crippen LogP contribution in [0.15, 0.2) is 18.2 Å². The number of para-hydroxylation sites is 1. The lowest BCUT2D eigenvalue weighted by atomic mass is 10.1. The van der Waals surface area contributed by atoms with Crippen molar-refractivity contribution in [3.05, 3.63) is 33.9 Å². The molecule has 0 saturated carbocycles. The van der Waals surface area contributed by atoms with Crippen molar-refractivity contribution in [3.8, 4) is 0 Å². The van der Waals surface area contributed by atoms with E-state index in [-0.39, 0.29) is 35.8 Å². The smallest absolute Gasteiger partial charge is 0.338 e. The lowest BCUT2D eigenvalue weighted by molar-refractivity contribution is -0.384. The molecule has 1 rings (SSSR count). The average Bonchev–Trinajstić information content (AvgIpc) is 2.44. The predicted molar refractivity (Wildman–Crippen MR) is 76.5 cm³/mol. The quantitative estimate of drug-likeness (QED) is 0.495. The first-order valence-corrected chi connectivity index (χ1v) is 6.48. The Morgan fingerprint density at radius 3 is 2.62 bits per heavy atom. The minimum absolute atomic E-state index is 0.0849. The number of nitrogens with zero attached hydrogens (tertiary/aromatic N) is 1. The number of nitro groups is 1. The Balaban J connectivity index is 2.79. The highest BCUT2D eigenvalue weighted by molar-refractivity contribution is 5.96. The Labute approximate surface area is 121 Å². The van der Waals surface area contributed by atoms with Crippen LogP contribution in [0.1, 0.15) is 30.1 Å². The molecular weight excluding hydrogens is 278 g/mol. The van der Waals surface area contributed by atoms with Crippen LogP contribution in [-0.4, -0.2) is 35.0 Å². The Hall–Kier alpha value is -2.64. The number of carboxylic acids is 1. The third kappa shape index (κ3) is 4.75. The molecule has 0 atom stereocenters. The van der Waals surface area contributed by atoms with E-state index >= 15 is 0 Å². The highest BCUT2D eigenvalue weighted by Gasteiger charge is 2.21. The van der Waals surface area contributed by atoms with Crippen molar-refractivity contribution in [2.24, 2.45) is 0 Å². The molecule has 21 heavy (non-hydrogen) atoms. The van der Waals surface area contributed by atoms with Crippen LogP contribution in [0.25, 0.3) is 0 Å². The zero-order chi connectivity index (χ0) is 15.8. The summed E-state index contributed by atoms with van der Waals surface area (Å²) < 4.78 is 0. The van der Waals surface area contributed by atoms with Crippen molar-refractivity contribution in [3.63, 3.8) is 0 Å². The maximum Gasteiger partial charge on any atom is 0.338 e. The standard InChI is InChI=1S/C13H17N3O5/c1-2-7-14-11(17)6-8-15-12-9(13(18)19)4-3-5-10(12)16(20)21/h3-5,15H,2,6-8H2,1H3,(H,14,17)(H,18,19). The van der Waals surface area contributed by atoms with Crippen LogP contribution in [-0.2, 0) is 4.79 Å². The molecule has 0 bridgehead atoms. The van der Waals surface area contributed by atoms with E-state index in [0.717, 1.165) is 6.42 Å². The lowest BCUT2D eigenvalue weighted by Crippen LogP contribution is -2.26. The molecular formula is C13H17N3O5. The number of carboxylic acid groups (broad SMARTS) is 1. The van der Waals surface area contributed by atoms with Gasteiger partial charge in [0.15, 0.2) is 0 Å². The zero-order valence-electron chi connectivity index (χ0n) is 11.6. The maximum absolute atomic E-state index is 11.4. The topological polar surface area (TPSA) is 122 Å². The van der Waals surface area contributed by atoms with E-state index in [0.29, 0.717) is 6.54 Å². The summed E-state index contributed by atoms with van der Waals surface area (Å²) in [6.45, 7) is 2.59. The minimum Gasteiger partial charge on any atom is -0.478 e. The van der Waals surface area contributed by atoms with Crippen LogP contribution in [0.3, 0.4) is 0 Å². The summed E-state index contributed by atoms with van der Waals surface area (Å²) in [7, 11) is 0. The molecule has 8 heteroatoms. The molecule has 0 aliphatic rings. The molecule has 1 amide bonds. The van der Waals surface area contributed by atoms with E-state index in [1.54, 1.807) is 0 Å². The highest BCUT2D eigenvalue weighted by Crippen LogP contribution is 2.28. The molecule has 114 valence electrons. The summed E-state index contributed by atoms with van der Waals surface area (Å²) in [6, 6.07) is 3.79. The fourth-order valence-corrected chi connectivity index (χ4v) is 1.71. The minimum atomic E-state index is -1.27. The molecule has 0 aromatic heterocycles. The van der Waals surface area contributed by atoms with Gasteiger partial charge in [-0.3, -0.25) is 14.9 Å². The van der Waals surface area contributed by atoms with Crippen molar-refractivity contribution >= 4 is 23.3 Å². The number of carbonyl (C=O) groups excluding carboxylic acids is 1. The van der Waals surface area contributed by atoms with Crippen LogP contribution >= 0.6 is 0 Å². The monoisotopic (exact) mass is 295 g/mol. The van der Waals surface area contributed by atoms with Gasteiger partial charge >= 0.3 is 5.97 Å². The molecule has 0 spiro atoms. The number of anilines is 1. The molecule has 8 nitrogen and oxygen atoms in total. The fraction of sp³-hybridized carbons (Fsp3) is 0.385. The van der Waals surface area contributed by atoms with Crippen molar-refractivity contribution in [1.29, 1.82) is 0 Å². The van der Waals surface area contributed by atoms with Crippen LogP contribution in [0.2, 0.25) is 0 Å². The maximum atomic E-state index is 11.4. The summed E-state index contributed by atoms with van der Waals surface area (Å²) >= 11 is 0. The van der Waals surface area contributed by atoms with Gasteiger partial charge in [-0.05, 0) is 12.5 Å². The van der Waals surface area contributed by atoms with Gasteiger partial charge in [-0.15, -0.1) is 0 Å². The Kier molecular flexibility index (Phi) is 6.12. The normalized spacial score (nSPS) is 9.95. The summed E-state index contributed by atoms with van der Waals surface area (Å²) in [5.74, 6) is -1.46. The number of nitro benzene ring substituents is 1. The number of carbonyl (C=O) groups is 2. The summed E-state index contributed by atoms with van der Waals surface area (Å²) in [4.78, 5) is 32.8. The first-order chi connectivity index (χ1) is 9.97. The van der Waals surface area contributed by atoms with Crippen LogP contribution in [0.5, 0.6) is 0 Å². The molecule has 1 aromatic carbocycles. The molecule has 0 saturated heterocycles. The Bertz CT molecular complexity index is 512. The largest absolute Gasteiger partial charge is 0.478 e. The molecule has 0 unspecified atom stereocenters. The molecule has 0 fully saturated rings. The van der Waals surface area contributed by atoms with Crippen molar-refractivity contribution in [2.75, 3.05) is 18.4 Å². The van der Waals surface area contributed by atoms with Gasteiger partial charge < -0.3 is 15.7 Å². The number of nitrogens with one attached hydrogen (secondary N) is 2. The van der Waals surface area contributed by atoms with E-state index in [4.69, 9.17) is 5.11 Å². The van der Waals surface area contributed by atoms with Gasteiger partial charge in [-0.2, -0.15) is 0 Å². The SMILES string of the molecule is CCCNC(=O)CCNc1c(C(=O)O)cccc1[N+](=O)[O-]. The molecule has 0 heterocycles. The van der Waals surface area contributed by atoms with Gasteiger partial charge in [0.05, 0.1) is 10.5 Å². The second-order valence-electron chi connectivity index (χ2n) is 4.29. The van der Waals surface area contributed by atoms with Crippen molar-refractivity contribution in [1.82, 2.24) is 5.32 Å². The second kappa shape index (κ2) is 7.83. The van der Waals surface area contributed by atoms with Gasteiger partial charge in [0.2, 0.25) is 5.91 Å². The number of rotatable bonds is 8. The highest BCUT2D eigenvalue weighted by atomic mass is 16.6. The van der Waals surface area contributed by atoms with E-state index in [1.165, 1.54) is 18.2 Å². The Morgan fingerprint density at radius 1 is 1.33 bits per heavy atom. The second-order valence-corrected chi connectivity index (χ2v) is 4.29. The number of amides is 1. The lowest BCUT2D eigenvalue weighted by Gasteiger charge is -2.10. The number of hydrogen-bond donors (Lipinski definition) is 3. The van der Waals surface area contributed by atoms with E-state index in [9.17, 15) is 19.7 Å². The van der Waals surface area contributed by atoms with E-state index in [1.807, 2.05) is 6.92 Å². The molecule has 0 aliphatic carbocycles. The predicted octanol–water partition coefficient (Wildman–Crippen LogP) is 1.62. The van der Waals surface area contributed by atoms with Gasteiger partial charge in [-0.25, -0.2) is 4.79 Å². The molecule has 1 aromatic rings. The van der Waals surface area contributed by atoms with Crippen molar-refractivity contribution in [2.45, 2.75) is 19.8 Å². The van der Waals surface area contributed by atoms with Crippen LogP contribution in [0, 0.1) is 10.1 Å². The fourth-order valence-electron chi connectivity index (χ4n) is 1.71. The summed E-state index contributed by atoms with van der Waals surface area (Å²) in [6.07, 6.45) is 0.914. The number of benzene rings is 1. The summed E-state index contributed by atoms with van der Waals surface area (Å²) in [5.41, 5.74) is -0.611. The molecule has 0 radical (unpaired) electrons. The molecule has 3 N–H and O–H groups in total. The van der Waals surface area contributed by atoms with Gasteiger partial charge in [-0.1, -0.05) is 13.0 Å². The number of hydrogen-bond acceptors (Lipinski definition) is 5. The van der Waals surface area contributed by atoms with Gasteiger partial charge in [0.25, 0.3) is 5.69 Å². The third-order valence-electron chi connectivity index (χ3n) is 2.70. The van der Waals surface area contributed by atoms with Gasteiger partial charge in [0, 0.05) is 25.6 Å². The summed E-state index contributed by atoms with van der Waals surface area (Å²) in [5, 5.41) is 25.3. The van der Waals surface area contributed by atoms with Gasteiger partial charge in [0.1, 0.15) is 5.69 Å². The first kappa shape index (κ1) is 16.4. The third-order valence-corrected chi connectivity index (χ3v) is 2.70. The average molecular weight is 295 g/mol. The van der Waals surface area contributed by atoms with Crippen LogP contribution in [0.4, 0.5) is 11.4 Å². The Morgan fingerprint density at radius 2 is 2.05 bits per heavy atom. The number of aromatic carboxylic acids is 1. The first-order valence-electron chi connectivity index (χ1n) is 6.48. The zero-order valence-corrected chi connectivity index (χ0v) is 11.6. The van der Waals surface area contributed by atoms with E-state index < -0.39 is 10.9 Å². The molecule has 0 aliphatic heterocycles. The van der Waals surface area contributed by atoms with E-state index in [2.05, 4.69) is 10.6 Å².